The van der Waals surface area contributed by atoms with Gasteiger partial charge in [-0.25, -0.2) is 14.0 Å². The fraction of sp³-hybridized carbons (Fsp3) is 0.120. The summed E-state index contributed by atoms with van der Waals surface area (Å²) in [7, 11) is 1.37. The highest BCUT2D eigenvalue weighted by Gasteiger charge is 2.39. The number of hydrogen-bond donors (Lipinski definition) is 1. The fourth-order valence-corrected chi connectivity index (χ4v) is 3.11. The molecule has 3 rings (SSSR count). The van der Waals surface area contributed by atoms with Crippen LogP contribution in [0.25, 0.3) is 17.2 Å². The molecule has 0 amide bonds. The summed E-state index contributed by atoms with van der Waals surface area (Å²) in [6, 6.07) is 20.4. The molecule has 31 heavy (non-hydrogen) atoms. The highest BCUT2D eigenvalue weighted by Crippen LogP contribution is 2.37. The Morgan fingerprint density at radius 2 is 1.65 bits per heavy atom. The van der Waals surface area contributed by atoms with Crippen LogP contribution >= 0.6 is 0 Å². The monoisotopic (exact) mass is 420 g/mol. The second-order valence-corrected chi connectivity index (χ2v) is 6.89. The summed E-state index contributed by atoms with van der Waals surface area (Å²) < 4.78 is 26.4. The predicted molar refractivity (Wildman–Crippen MR) is 116 cm³/mol. The van der Waals surface area contributed by atoms with Crippen LogP contribution in [0.15, 0.2) is 78.9 Å². The molecule has 3 aromatic carbocycles. The molecule has 0 aromatic heterocycles. The van der Waals surface area contributed by atoms with E-state index in [-0.39, 0.29) is 17.1 Å². The summed E-state index contributed by atoms with van der Waals surface area (Å²) in [5, 5.41) is 8.75. The van der Waals surface area contributed by atoms with Gasteiger partial charge in [-0.05, 0) is 41.8 Å². The summed E-state index contributed by atoms with van der Waals surface area (Å²) in [4.78, 5) is 23.5. The van der Waals surface area contributed by atoms with Crippen molar-refractivity contribution in [1.82, 2.24) is 0 Å². The van der Waals surface area contributed by atoms with Gasteiger partial charge in [0.25, 0.3) is 0 Å². The molecule has 6 heteroatoms. The second-order valence-electron chi connectivity index (χ2n) is 6.89. The van der Waals surface area contributed by atoms with Crippen LogP contribution in [0.4, 0.5) is 4.39 Å². The zero-order valence-corrected chi connectivity index (χ0v) is 17.0. The number of methoxy groups -OCH3 is 1. The lowest BCUT2D eigenvalue weighted by Crippen LogP contribution is -2.32. The van der Waals surface area contributed by atoms with Crippen LogP contribution in [0.2, 0.25) is 0 Å². The summed E-state index contributed by atoms with van der Waals surface area (Å²) in [5.41, 5.74) is -0.352. The van der Waals surface area contributed by atoms with Gasteiger partial charge in [0.1, 0.15) is 0 Å². The van der Waals surface area contributed by atoms with E-state index in [1.807, 2.05) is 30.3 Å². The Morgan fingerprint density at radius 3 is 2.32 bits per heavy atom. The van der Waals surface area contributed by atoms with E-state index in [0.717, 1.165) is 18.6 Å². The average molecular weight is 420 g/mol. The van der Waals surface area contributed by atoms with Gasteiger partial charge in [-0.15, -0.1) is 0 Å². The van der Waals surface area contributed by atoms with Gasteiger partial charge >= 0.3 is 11.9 Å². The molecule has 0 saturated heterocycles. The number of carboxylic acid groups (broad SMARTS) is 1. The molecule has 5 nitrogen and oxygen atoms in total. The first-order chi connectivity index (χ1) is 14.8. The molecule has 1 unspecified atom stereocenters. The summed E-state index contributed by atoms with van der Waals surface area (Å²) >= 11 is 0. The average Bonchev–Trinajstić information content (AvgIpc) is 2.78. The van der Waals surface area contributed by atoms with Gasteiger partial charge in [0, 0.05) is 11.6 Å². The maximum absolute atomic E-state index is 15.8. The predicted octanol–water partition coefficient (Wildman–Crippen LogP) is 5.25. The van der Waals surface area contributed by atoms with E-state index in [2.05, 4.69) is 0 Å². The van der Waals surface area contributed by atoms with Crippen LogP contribution in [0.5, 0.6) is 11.5 Å². The van der Waals surface area contributed by atoms with Crippen LogP contribution in [0.1, 0.15) is 18.1 Å². The Kier molecular flexibility index (Phi) is 6.50. The quantitative estimate of drug-likeness (QED) is 0.321. The van der Waals surface area contributed by atoms with E-state index in [4.69, 9.17) is 14.6 Å². The molecule has 3 aromatic rings. The zero-order valence-electron chi connectivity index (χ0n) is 17.0. The fourth-order valence-electron chi connectivity index (χ4n) is 3.11. The molecule has 0 fully saturated rings. The number of carboxylic acids is 1. The van der Waals surface area contributed by atoms with Crippen molar-refractivity contribution >= 4 is 18.0 Å². The number of carbonyl (C=O) groups excluding carboxylic acids is 1. The Bertz CT molecular complexity index is 1120. The first kappa shape index (κ1) is 21.8. The molecule has 0 bridgehead atoms. The first-order valence-corrected chi connectivity index (χ1v) is 9.48. The van der Waals surface area contributed by atoms with Crippen molar-refractivity contribution in [1.29, 1.82) is 0 Å². The van der Waals surface area contributed by atoms with Crippen LogP contribution < -0.4 is 9.47 Å². The van der Waals surface area contributed by atoms with Gasteiger partial charge < -0.3 is 14.6 Å². The molecule has 0 spiro atoms. The largest absolute Gasteiger partial charge is 0.493 e. The van der Waals surface area contributed by atoms with Crippen LogP contribution in [0, 0.1) is 0 Å². The molecule has 0 radical (unpaired) electrons. The van der Waals surface area contributed by atoms with Crippen molar-refractivity contribution in [3.8, 4) is 22.6 Å². The lowest BCUT2D eigenvalue weighted by atomic mass is 9.89. The van der Waals surface area contributed by atoms with E-state index in [9.17, 15) is 9.59 Å². The third kappa shape index (κ3) is 4.98. The van der Waals surface area contributed by atoms with E-state index >= 15 is 4.39 Å². The van der Waals surface area contributed by atoms with Gasteiger partial charge in [-0.1, -0.05) is 60.7 Å². The Labute approximate surface area is 179 Å². The normalized spacial score (nSPS) is 12.9. The van der Waals surface area contributed by atoms with Crippen molar-refractivity contribution in [2.24, 2.45) is 0 Å². The number of alkyl halides is 1. The van der Waals surface area contributed by atoms with E-state index < -0.39 is 17.6 Å². The molecule has 0 aliphatic heterocycles. The number of ether oxygens (including phenoxy) is 2. The lowest BCUT2D eigenvalue weighted by Gasteiger charge is -2.22. The van der Waals surface area contributed by atoms with Gasteiger partial charge in [-0.3, -0.25) is 0 Å². The van der Waals surface area contributed by atoms with Gasteiger partial charge in [-0.2, -0.15) is 0 Å². The molecule has 0 saturated carbocycles. The highest BCUT2D eigenvalue weighted by atomic mass is 19.1. The Hall–Kier alpha value is -3.93. The summed E-state index contributed by atoms with van der Waals surface area (Å²) in [6.07, 6.45) is 2.34. The summed E-state index contributed by atoms with van der Waals surface area (Å²) in [5.74, 6) is -1.99. The number of halogens is 1. The molecule has 0 aliphatic rings. The number of rotatable bonds is 7. The van der Waals surface area contributed by atoms with Crippen molar-refractivity contribution in [2.75, 3.05) is 7.11 Å². The first-order valence-electron chi connectivity index (χ1n) is 9.48. The van der Waals surface area contributed by atoms with Crippen molar-refractivity contribution in [2.45, 2.75) is 12.6 Å². The number of hydrogen-bond acceptors (Lipinski definition) is 4. The number of carbonyl (C=O) groups is 2. The SMILES string of the molecule is COc1cc(C=CC(=O)O)ccc1OC(=O)C(C)(F)c1ccccc1-c1ccccc1. The minimum atomic E-state index is -2.43. The van der Waals surface area contributed by atoms with Gasteiger partial charge in [0.2, 0.25) is 5.67 Å². The Balaban J connectivity index is 1.91. The van der Waals surface area contributed by atoms with Crippen molar-refractivity contribution in [3.63, 3.8) is 0 Å². The van der Waals surface area contributed by atoms with Crippen molar-refractivity contribution in [3.05, 3.63) is 90.0 Å². The molecule has 0 heterocycles. The molecule has 1 N–H and O–H groups in total. The molecule has 1 atom stereocenters. The topological polar surface area (TPSA) is 72.8 Å². The molecular formula is C25H21FO5. The minimum absolute atomic E-state index is 0.0287. The van der Waals surface area contributed by atoms with Gasteiger partial charge in [0.05, 0.1) is 7.11 Å². The maximum Gasteiger partial charge on any atom is 0.353 e. The van der Waals surface area contributed by atoms with E-state index in [1.54, 1.807) is 24.3 Å². The summed E-state index contributed by atoms with van der Waals surface area (Å²) in [6.45, 7) is 1.16. The van der Waals surface area contributed by atoms with Crippen LogP contribution in [-0.2, 0) is 15.3 Å². The third-order valence-electron chi connectivity index (χ3n) is 4.71. The molecule has 158 valence electrons. The van der Waals surface area contributed by atoms with Crippen LogP contribution in [-0.4, -0.2) is 24.2 Å². The highest BCUT2D eigenvalue weighted by molar-refractivity contribution is 5.87. The Morgan fingerprint density at radius 1 is 0.968 bits per heavy atom. The number of esters is 1. The molecule has 0 aliphatic carbocycles. The third-order valence-corrected chi connectivity index (χ3v) is 4.71. The van der Waals surface area contributed by atoms with Crippen LogP contribution in [0.3, 0.4) is 0 Å². The van der Waals surface area contributed by atoms with E-state index in [0.29, 0.717) is 11.1 Å². The number of aliphatic carboxylic acids is 1. The minimum Gasteiger partial charge on any atom is -0.493 e. The molecular weight excluding hydrogens is 399 g/mol. The van der Waals surface area contributed by atoms with Crippen molar-refractivity contribution < 1.29 is 28.6 Å². The smallest absolute Gasteiger partial charge is 0.353 e. The van der Waals surface area contributed by atoms with Gasteiger partial charge in [0.15, 0.2) is 11.5 Å². The van der Waals surface area contributed by atoms with E-state index in [1.165, 1.54) is 31.4 Å². The number of benzene rings is 3. The maximum atomic E-state index is 15.8. The lowest BCUT2D eigenvalue weighted by molar-refractivity contribution is -0.147. The second kappa shape index (κ2) is 9.26. The zero-order chi connectivity index (χ0) is 22.4. The standard InChI is InChI=1S/C25H21FO5/c1-25(26,20-11-7-6-10-19(20)18-8-4-3-5-9-18)24(29)31-21-14-12-17(13-15-23(27)28)16-22(21)30-2/h3-16H,1-2H3,(H,27,28).